The molecule has 0 unspecified atom stereocenters. The van der Waals surface area contributed by atoms with Crippen LogP contribution in [0.25, 0.3) is 5.82 Å². The van der Waals surface area contributed by atoms with Gasteiger partial charge in [-0.1, -0.05) is 13.0 Å². The van der Waals surface area contributed by atoms with E-state index >= 15 is 0 Å². The van der Waals surface area contributed by atoms with E-state index in [1.165, 1.54) is 0 Å². The number of amides is 1. The van der Waals surface area contributed by atoms with Crippen molar-refractivity contribution >= 4 is 5.91 Å². The third kappa shape index (κ3) is 2.50. The standard InChI is InChI=1S/C14H16N4O/c1-10-8-12(10)14(19)16-9-11-4-2-5-15-13(11)18-7-3-6-17-18/h2-7,10,12H,8-9H2,1H3,(H,16,19)/t10-,12-/m0/s1. The van der Waals surface area contributed by atoms with Gasteiger partial charge in [-0.15, -0.1) is 0 Å². The van der Waals surface area contributed by atoms with Gasteiger partial charge in [-0.25, -0.2) is 9.67 Å². The predicted molar refractivity (Wildman–Crippen MR) is 70.5 cm³/mol. The molecular formula is C14H16N4O. The number of aromatic nitrogens is 3. The van der Waals surface area contributed by atoms with E-state index in [1.807, 2.05) is 24.4 Å². The van der Waals surface area contributed by atoms with E-state index in [9.17, 15) is 4.79 Å². The summed E-state index contributed by atoms with van der Waals surface area (Å²) in [5, 5.41) is 7.15. The molecule has 0 spiro atoms. The smallest absolute Gasteiger partial charge is 0.223 e. The van der Waals surface area contributed by atoms with E-state index < -0.39 is 0 Å². The van der Waals surface area contributed by atoms with Gasteiger partial charge >= 0.3 is 0 Å². The number of nitrogens with one attached hydrogen (secondary N) is 1. The van der Waals surface area contributed by atoms with Crippen molar-refractivity contribution in [3.05, 3.63) is 42.4 Å². The van der Waals surface area contributed by atoms with E-state index in [0.717, 1.165) is 17.8 Å². The Bertz CT molecular complexity index is 579. The Morgan fingerprint density at radius 3 is 3.00 bits per heavy atom. The van der Waals surface area contributed by atoms with Crippen molar-refractivity contribution < 1.29 is 4.79 Å². The highest BCUT2D eigenvalue weighted by molar-refractivity contribution is 5.81. The molecule has 98 valence electrons. The molecule has 5 heteroatoms. The molecule has 1 aliphatic rings. The van der Waals surface area contributed by atoms with Crippen LogP contribution < -0.4 is 5.32 Å². The number of nitrogens with zero attached hydrogens (tertiary/aromatic N) is 3. The highest BCUT2D eigenvalue weighted by Crippen LogP contribution is 2.37. The summed E-state index contributed by atoms with van der Waals surface area (Å²) in [7, 11) is 0. The zero-order valence-electron chi connectivity index (χ0n) is 10.8. The first-order valence-electron chi connectivity index (χ1n) is 6.47. The predicted octanol–water partition coefficient (Wildman–Crippen LogP) is 1.54. The van der Waals surface area contributed by atoms with Gasteiger partial charge in [0, 0.05) is 36.6 Å². The van der Waals surface area contributed by atoms with Crippen LogP contribution in [-0.2, 0) is 11.3 Å². The zero-order chi connectivity index (χ0) is 13.2. The Morgan fingerprint density at radius 1 is 1.47 bits per heavy atom. The first-order valence-corrected chi connectivity index (χ1v) is 6.47. The summed E-state index contributed by atoms with van der Waals surface area (Å²) < 4.78 is 1.71. The summed E-state index contributed by atoms with van der Waals surface area (Å²) in [6.07, 6.45) is 6.29. The van der Waals surface area contributed by atoms with Crippen molar-refractivity contribution in [2.45, 2.75) is 19.9 Å². The van der Waals surface area contributed by atoms with Crippen LogP contribution in [0.2, 0.25) is 0 Å². The van der Waals surface area contributed by atoms with Crippen LogP contribution in [-0.4, -0.2) is 20.7 Å². The second-order valence-electron chi connectivity index (χ2n) is 4.97. The van der Waals surface area contributed by atoms with Crippen LogP contribution in [0, 0.1) is 11.8 Å². The molecule has 1 saturated carbocycles. The molecule has 1 aliphatic carbocycles. The van der Waals surface area contributed by atoms with E-state index in [4.69, 9.17) is 0 Å². The summed E-state index contributed by atoms with van der Waals surface area (Å²) in [4.78, 5) is 16.2. The Balaban J connectivity index is 1.72. The molecule has 5 nitrogen and oxygen atoms in total. The SMILES string of the molecule is C[C@H]1C[C@@H]1C(=O)NCc1cccnc1-n1cccn1. The molecule has 1 N–H and O–H groups in total. The van der Waals surface area contributed by atoms with E-state index in [1.54, 1.807) is 17.1 Å². The zero-order valence-corrected chi connectivity index (χ0v) is 10.8. The summed E-state index contributed by atoms with van der Waals surface area (Å²) in [5.74, 6) is 1.63. The Morgan fingerprint density at radius 2 is 2.32 bits per heavy atom. The van der Waals surface area contributed by atoms with Gasteiger partial charge < -0.3 is 5.32 Å². The molecule has 1 amide bonds. The second-order valence-corrected chi connectivity index (χ2v) is 4.97. The number of rotatable bonds is 4. The maximum Gasteiger partial charge on any atom is 0.223 e. The molecule has 0 aliphatic heterocycles. The molecule has 19 heavy (non-hydrogen) atoms. The van der Waals surface area contributed by atoms with E-state index in [0.29, 0.717) is 12.5 Å². The Kier molecular flexibility index (Phi) is 3.03. The van der Waals surface area contributed by atoms with Gasteiger partial charge in [0.05, 0.1) is 0 Å². The van der Waals surface area contributed by atoms with Crippen LogP contribution >= 0.6 is 0 Å². The lowest BCUT2D eigenvalue weighted by molar-refractivity contribution is -0.122. The molecule has 0 saturated heterocycles. The van der Waals surface area contributed by atoms with Gasteiger partial charge in [0.1, 0.15) is 0 Å². The second kappa shape index (κ2) is 4.84. The molecule has 2 heterocycles. The highest BCUT2D eigenvalue weighted by atomic mass is 16.2. The topological polar surface area (TPSA) is 59.8 Å². The van der Waals surface area contributed by atoms with Crippen LogP contribution in [0.3, 0.4) is 0 Å². The van der Waals surface area contributed by atoms with Crippen molar-refractivity contribution in [1.29, 1.82) is 0 Å². The monoisotopic (exact) mass is 256 g/mol. The molecule has 0 radical (unpaired) electrons. The van der Waals surface area contributed by atoms with Crippen LogP contribution in [0.4, 0.5) is 0 Å². The third-order valence-electron chi connectivity index (χ3n) is 3.49. The number of pyridine rings is 1. The quantitative estimate of drug-likeness (QED) is 0.902. The van der Waals surface area contributed by atoms with Gasteiger partial charge in [-0.2, -0.15) is 5.10 Å². The number of hydrogen-bond donors (Lipinski definition) is 1. The molecule has 3 rings (SSSR count). The average Bonchev–Trinajstić information content (AvgIpc) is 2.94. The van der Waals surface area contributed by atoms with E-state index in [-0.39, 0.29) is 11.8 Å². The van der Waals surface area contributed by atoms with Crippen LogP contribution in [0.1, 0.15) is 18.9 Å². The largest absolute Gasteiger partial charge is 0.352 e. The summed E-state index contributed by atoms with van der Waals surface area (Å²) in [5.41, 5.74) is 0.966. The summed E-state index contributed by atoms with van der Waals surface area (Å²) in [6, 6.07) is 5.68. The molecule has 0 bridgehead atoms. The van der Waals surface area contributed by atoms with Gasteiger partial charge in [0.25, 0.3) is 0 Å². The normalized spacial score (nSPS) is 21.1. The van der Waals surface area contributed by atoms with Crippen molar-refractivity contribution in [2.24, 2.45) is 11.8 Å². The first-order chi connectivity index (χ1) is 9.25. The summed E-state index contributed by atoms with van der Waals surface area (Å²) in [6.45, 7) is 2.59. The fourth-order valence-corrected chi connectivity index (χ4v) is 2.17. The van der Waals surface area contributed by atoms with Gasteiger partial charge in [0.15, 0.2) is 5.82 Å². The fraction of sp³-hybridized carbons (Fsp3) is 0.357. The molecular weight excluding hydrogens is 240 g/mol. The number of carbonyl (C=O) groups is 1. The molecule has 2 aromatic heterocycles. The lowest BCUT2D eigenvalue weighted by Crippen LogP contribution is -2.25. The Hall–Kier alpha value is -2.17. The van der Waals surface area contributed by atoms with Gasteiger partial charge in [0.2, 0.25) is 5.91 Å². The lowest BCUT2D eigenvalue weighted by Gasteiger charge is -2.09. The molecule has 2 atom stereocenters. The third-order valence-corrected chi connectivity index (χ3v) is 3.49. The Labute approximate surface area is 111 Å². The molecule has 0 aromatic carbocycles. The van der Waals surface area contributed by atoms with Crippen molar-refractivity contribution in [3.8, 4) is 5.82 Å². The minimum absolute atomic E-state index is 0.141. The molecule has 2 aromatic rings. The summed E-state index contributed by atoms with van der Waals surface area (Å²) >= 11 is 0. The average molecular weight is 256 g/mol. The fourth-order valence-electron chi connectivity index (χ4n) is 2.17. The van der Waals surface area contributed by atoms with Gasteiger partial charge in [-0.05, 0) is 24.5 Å². The minimum Gasteiger partial charge on any atom is -0.352 e. The lowest BCUT2D eigenvalue weighted by atomic mass is 10.2. The van der Waals surface area contributed by atoms with Gasteiger partial charge in [-0.3, -0.25) is 4.79 Å². The van der Waals surface area contributed by atoms with E-state index in [2.05, 4.69) is 22.3 Å². The first kappa shape index (κ1) is 11.9. The van der Waals surface area contributed by atoms with Crippen LogP contribution in [0.15, 0.2) is 36.8 Å². The molecule has 1 fully saturated rings. The maximum atomic E-state index is 11.8. The number of hydrogen-bond acceptors (Lipinski definition) is 3. The van der Waals surface area contributed by atoms with Crippen molar-refractivity contribution in [1.82, 2.24) is 20.1 Å². The maximum absolute atomic E-state index is 11.8. The highest BCUT2D eigenvalue weighted by Gasteiger charge is 2.38. The number of carbonyl (C=O) groups excluding carboxylic acids is 1. The van der Waals surface area contributed by atoms with Crippen molar-refractivity contribution in [2.75, 3.05) is 0 Å². The minimum atomic E-state index is 0.141. The van der Waals surface area contributed by atoms with Crippen molar-refractivity contribution in [3.63, 3.8) is 0 Å². The van der Waals surface area contributed by atoms with Crippen LogP contribution in [0.5, 0.6) is 0 Å².